The molecule has 0 saturated carbocycles. The van der Waals surface area contributed by atoms with E-state index in [1.54, 1.807) is 68.9 Å². The molecule has 10 nitrogen and oxygen atoms in total. The highest BCUT2D eigenvalue weighted by Gasteiger charge is 2.24. The van der Waals surface area contributed by atoms with E-state index in [0.29, 0.717) is 35.8 Å². The Kier molecular flexibility index (Phi) is 10.7. The third-order valence-electron chi connectivity index (χ3n) is 7.28. The average Bonchev–Trinajstić information content (AvgIpc) is 3.46. The van der Waals surface area contributed by atoms with Crippen molar-refractivity contribution in [3.63, 3.8) is 0 Å². The Morgan fingerprint density at radius 3 is 2.30 bits per heavy atom. The lowest BCUT2D eigenvalue weighted by Crippen LogP contribution is -2.48. The van der Waals surface area contributed by atoms with Gasteiger partial charge in [0.1, 0.15) is 5.52 Å². The number of thiazole rings is 1. The van der Waals surface area contributed by atoms with Gasteiger partial charge in [-0.05, 0) is 55.5 Å². The average molecular weight is 646 g/mol. The summed E-state index contributed by atoms with van der Waals surface area (Å²) in [7, 11) is -0.497. The lowest BCUT2D eigenvalue weighted by molar-refractivity contribution is 0.0947. The number of nitrogens with one attached hydrogen (secondary N) is 1. The second-order valence-electron chi connectivity index (χ2n) is 9.76. The Bertz CT molecular complexity index is 1630. The quantitative estimate of drug-likeness (QED) is 0.254. The Hall–Kier alpha value is -3.58. The zero-order valence-electron chi connectivity index (χ0n) is 24.4. The number of aromatic nitrogens is 1. The fraction of sp³-hybridized carbons (Fsp3) is 0.333. The van der Waals surface area contributed by atoms with Crippen molar-refractivity contribution in [3.05, 3.63) is 72.3 Å². The number of hydrogen-bond acceptors (Lipinski definition) is 9. The summed E-state index contributed by atoms with van der Waals surface area (Å²) in [5, 5.41) is 3.92. The molecule has 1 fully saturated rings. The molecule has 0 spiro atoms. The summed E-state index contributed by atoms with van der Waals surface area (Å²) in [6, 6.07) is 19.0. The predicted molar refractivity (Wildman–Crippen MR) is 174 cm³/mol. The molecule has 0 bridgehead atoms. The minimum Gasteiger partial charge on any atom is -0.493 e. The third-order valence-corrected chi connectivity index (χ3v) is 10.3. The van der Waals surface area contributed by atoms with E-state index >= 15 is 0 Å². The highest BCUT2D eigenvalue weighted by Crippen LogP contribution is 2.40. The van der Waals surface area contributed by atoms with Gasteiger partial charge in [0, 0.05) is 51.4 Å². The topological polar surface area (TPSA) is 104 Å². The molecule has 2 heterocycles. The Morgan fingerprint density at radius 1 is 0.977 bits per heavy atom. The molecule has 0 atom stereocenters. The van der Waals surface area contributed by atoms with Crippen LogP contribution in [0.15, 0.2) is 71.6 Å². The van der Waals surface area contributed by atoms with E-state index in [1.807, 2.05) is 18.2 Å². The SMILES string of the molecule is CCN(c1ccccc1)S(=O)(=O)c1ccc(C(=O)NCCN2CCN(c3nc4c(OC)c(OC)ccc4s3)CC2)cc1.Cl. The normalized spacial score (nSPS) is 13.8. The largest absolute Gasteiger partial charge is 0.493 e. The van der Waals surface area contributed by atoms with Crippen LogP contribution in [0.3, 0.4) is 0 Å². The summed E-state index contributed by atoms with van der Waals surface area (Å²) in [4.78, 5) is 22.3. The molecule has 13 heteroatoms. The molecule has 3 aromatic carbocycles. The maximum Gasteiger partial charge on any atom is 0.264 e. The van der Waals surface area contributed by atoms with Crippen molar-refractivity contribution >= 4 is 60.7 Å². The van der Waals surface area contributed by atoms with Crippen molar-refractivity contribution in [1.82, 2.24) is 15.2 Å². The van der Waals surface area contributed by atoms with Gasteiger partial charge in [-0.2, -0.15) is 0 Å². The van der Waals surface area contributed by atoms with Gasteiger partial charge in [0.15, 0.2) is 16.6 Å². The minimum atomic E-state index is -3.74. The molecule has 4 aromatic rings. The second-order valence-corrected chi connectivity index (χ2v) is 12.6. The van der Waals surface area contributed by atoms with Crippen molar-refractivity contribution < 1.29 is 22.7 Å². The monoisotopic (exact) mass is 645 g/mol. The van der Waals surface area contributed by atoms with E-state index in [2.05, 4.69) is 15.1 Å². The fourth-order valence-electron chi connectivity index (χ4n) is 5.02. The van der Waals surface area contributed by atoms with Crippen LogP contribution in [0, 0.1) is 0 Å². The number of nitrogens with zero attached hydrogens (tertiary/aromatic N) is 4. The van der Waals surface area contributed by atoms with E-state index in [4.69, 9.17) is 14.5 Å². The second kappa shape index (κ2) is 14.3. The van der Waals surface area contributed by atoms with E-state index < -0.39 is 10.0 Å². The number of amides is 1. The number of rotatable bonds is 11. The summed E-state index contributed by atoms with van der Waals surface area (Å²) >= 11 is 1.64. The summed E-state index contributed by atoms with van der Waals surface area (Å²) in [6.45, 7) is 6.69. The molecule has 5 rings (SSSR count). The molecule has 1 aromatic heterocycles. The Labute approximate surface area is 262 Å². The molecule has 230 valence electrons. The van der Waals surface area contributed by atoms with Gasteiger partial charge in [-0.25, -0.2) is 13.4 Å². The molecule has 1 saturated heterocycles. The number of anilines is 2. The molecule has 1 aliphatic rings. The predicted octanol–water partition coefficient (Wildman–Crippen LogP) is 4.50. The zero-order valence-corrected chi connectivity index (χ0v) is 26.8. The van der Waals surface area contributed by atoms with E-state index in [9.17, 15) is 13.2 Å². The van der Waals surface area contributed by atoms with Crippen LogP contribution in [0.5, 0.6) is 11.5 Å². The van der Waals surface area contributed by atoms with Gasteiger partial charge in [0.25, 0.3) is 15.9 Å². The number of benzene rings is 3. The van der Waals surface area contributed by atoms with E-state index in [-0.39, 0.29) is 23.2 Å². The molecule has 0 radical (unpaired) electrons. The number of methoxy groups -OCH3 is 2. The third kappa shape index (κ3) is 6.98. The first-order valence-corrected chi connectivity index (χ1v) is 16.1. The first-order chi connectivity index (χ1) is 20.3. The van der Waals surface area contributed by atoms with Crippen LogP contribution in [0.4, 0.5) is 10.8 Å². The van der Waals surface area contributed by atoms with Gasteiger partial charge in [0.2, 0.25) is 0 Å². The van der Waals surface area contributed by atoms with Crippen molar-refractivity contribution in [2.24, 2.45) is 0 Å². The summed E-state index contributed by atoms with van der Waals surface area (Å²) in [5.74, 6) is 1.09. The number of piperazine rings is 1. The maximum atomic E-state index is 13.2. The number of hydrogen-bond donors (Lipinski definition) is 1. The number of halogens is 1. The standard InChI is InChI=1S/C30H35N5O5S2.ClH/c1-4-35(23-8-6-5-7-9-23)42(37,38)24-12-10-22(11-13-24)29(36)31-16-17-33-18-20-34(21-19-33)30-32-27-26(41-30)15-14-25(39-2)28(27)40-3;/h5-15H,4,16-21H2,1-3H3,(H,31,36);1H. The lowest BCUT2D eigenvalue weighted by atomic mass is 10.2. The number of para-hydroxylation sites is 1. The molecule has 1 amide bonds. The van der Waals surface area contributed by atoms with Gasteiger partial charge in [-0.3, -0.25) is 14.0 Å². The van der Waals surface area contributed by atoms with Crippen LogP contribution in [0.2, 0.25) is 0 Å². The molecule has 1 aliphatic heterocycles. The van der Waals surface area contributed by atoms with Gasteiger partial charge in [0.05, 0.1) is 29.5 Å². The molecule has 0 aliphatic carbocycles. The number of ether oxygens (including phenoxy) is 2. The number of carbonyl (C=O) groups excluding carboxylic acids is 1. The summed E-state index contributed by atoms with van der Waals surface area (Å²) in [6.07, 6.45) is 0. The molecular formula is C30H36ClN5O5S2. The summed E-state index contributed by atoms with van der Waals surface area (Å²) in [5.41, 5.74) is 1.83. The van der Waals surface area contributed by atoms with Crippen molar-refractivity contribution in [3.8, 4) is 11.5 Å². The highest BCUT2D eigenvalue weighted by molar-refractivity contribution is 7.92. The number of fused-ring (bicyclic) bond motifs is 1. The van der Waals surface area contributed by atoms with E-state index in [0.717, 1.165) is 48.1 Å². The van der Waals surface area contributed by atoms with Crippen LogP contribution in [0.25, 0.3) is 10.2 Å². The Balaban J connectivity index is 0.00000423. The molecular weight excluding hydrogens is 610 g/mol. The van der Waals surface area contributed by atoms with Crippen molar-refractivity contribution in [1.29, 1.82) is 0 Å². The lowest BCUT2D eigenvalue weighted by Gasteiger charge is -2.34. The van der Waals surface area contributed by atoms with Crippen LogP contribution in [-0.2, 0) is 10.0 Å². The summed E-state index contributed by atoms with van der Waals surface area (Å²) < 4.78 is 39.8. The molecule has 0 unspecified atom stereocenters. The molecule has 43 heavy (non-hydrogen) atoms. The van der Waals surface area contributed by atoms with Gasteiger partial charge >= 0.3 is 0 Å². The van der Waals surface area contributed by atoms with Crippen LogP contribution >= 0.6 is 23.7 Å². The van der Waals surface area contributed by atoms with Crippen LogP contribution < -0.4 is 24.0 Å². The van der Waals surface area contributed by atoms with Gasteiger partial charge in [-0.1, -0.05) is 29.5 Å². The van der Waals surface area contributed by atoms with Crippen LogP contribution in [0.1, 0.15) is 17.3 Å². The molecule has 1 N–H and O–H groups in total. The Morgan fingerprint density at radius 2 is 1.67 bits per heavy atom. The van der Waals surface area contributed by atoms with Gasteiger partial charge < -0.3 is 19.7 Å². The van der Waals surface area contributed by atoms with Crippen molar-refractivity contribution in [2.45, 2.75) is 11.8 Å². The first-order valence-electron chi connectivity index (χ1n) is 13.8. The van der Waals surface area contributed by atoms with Gasteiger partial charge in [-0.15, -0.1) is 12.4 Å². The van der Waals surface area contributed by atoms with Crippen molar-refractivity contribution in [2.75, 3.05) is 69.2 Å². The van der Waals surface area contributed by atoms with E-state index in [1.165, 1.54) is 16.4 Å². The maximum absolute atomic E-state index is 13.2. The first kappa shape index (κ1) is 32.3. The zero-order chi connectivity index (χ0) is 29.7. The smallest absolute Gasteiger partial charge is 0.264 e. The number of sulfonamides is 1. The highest BCUT2D eigenvalue weighted by atomic mass is 35.5. The minimum absolute atomic E-state index is 0. The number of carbonyl (C=O) groups is 1. The van der Waals surface area contributed by atoms with Crippen LogP contribution in [-0.4, -0.2) is 84.2 Å². The fourth-order valence-corrected chi connectivity index (χ4v) is 7.51.